The molecule has 0 atom stereocenters. The van der Waals surface area contributed by atoms with Crippen molar-refractivity contribution in [1.82, 2.24) is 9.97 Å². The molecular formula is C19H26N2. The van der Waals surface area contributed by atoms with Crippen molar-refractivity contribution in [2.75, 3.05) is 0 Å². The lowest BCUT2D eigenvalue weighted by molar-refractivity contribution is 0.550. The molecule has 0 amide bonds. The maximum atomic E-state index is 4.87. The fraction of sp³-hybridized carbons (Fsp3) is 0.526. The molecule has 1 aromatic carbocycles. The number of aryl methyl sites for hydroxylation is 2. The van der Waals surface area contributed by atoms with Crippen LogP contribution in [0.3, 0.4) is 0 Å². The lowest BCUT2D eigenvalue weighted by atomic mass is 9.94. The van der Waals surface area contributed by atoms with E-state index in [1.54, 1.807) is 0 Å². The topological polar surface area (TPSA) is 28.7 Å². The summed E-state index contributed by atoms with van der Waals surface area (Å²) in [6.45, 7) is 11.2. The van der Waals surface area contributed by atoms with Crippen LogP contribution in [-0.2, 0) is 24.7 Å². The van der Waals surface area contributed by atoms with Gasteiger partial charge in [0.2, 0.25) is 0 Å². The number of fused-ring (bicyclic) bond motifs is 2. The first-order valence-electron chi connectivity index (χ1n) is 8.04. The summed E-state index contributed by atoms with van der Waals surface area (Å²) < 4.78 is 0. The standard InChI is InChI=1S/C19H26N2/c1-12(2)14-7-6-13-8-9-16-17(11-15(13)10-14)21-18(20-16)19(3,4)5/h6-7,10,12H,8-9,11H2,1-5H3,(H,20,21). The van der Waals surface area contributed by atoms with E-state index in [-0.39, 0.29) is 5.41 Å². The lowest BCUT2D eigenvalue weighted by Crippen LogP contribution is -2.13. The van der Waals surface area contributed by atoms with Crippen LogP contribution < -0.4 is 0 Å². The molecule has 21 heavy (non-hydrogen) atoms. The minimum atomic E-state index is 0.0921. The average molecular weight is 282 g/mol. The van der Waals surface area contributed by atoms with Crippen molar-refractivity contribution < 1.29 is 0 Å². The number of rotatable bonds is 1. The van der Waals surface area contributed by atoms with Gasteiger partial charge in [0.25, 0.3) is 0 Å². The fourth-order valence-corrected chi connectivity index (χ4v) is 3.01. The largest absolute Gasteiger partial charge is 0.345 e. The Morgan fingerprint density at radius 1 is 1.10 bits per heavy atom. The van der Waals surface area contributed by atoms with Crippen LogP contribution in [0.2, 0.25) is 0 Å². The molecule has 0 unspecified atom stereocenters. The number of imidazole rings is 1. The van der Waals surface area contributed by atoms with Crippen LogP contribution in [0.15, 0.2) is 18.2 Å². The van der Waals surface area contributed by atoms with Gasteiger partial charge < -0.3 is 4.98 Å². The molecule has 0 fully saturated rings. The Kier molecular flexibility index (Phi) is 3.43. The molecule has 1 aliphatic carbocycles. The Hall–Kier alpha value is -1.57. The van der Waals surface area contributed by atoms with Crippen molar-refractivity contribution >= 4 is 0 Å². The van der Waals surface area contributed by atoms with Gasteiger partial charge in [-0.3, -0.25) is 0 Å². The highest BCUT2D eigenvalue weighted by Gasteiger charge is 2.23. The van der Waals surface area contributed by atoms with Gasteiger partial charge in [-0.05, 0) is 35.4 Å². The summed E-state index contributed by atoms with van der Waals surface area (Å²) in [4.78, 5) is 8.46. The Morgan fingerprint density at radius 2 is 1.86 bits per heavy atom. The Morgan fingerprint density at radius 3 is 2.52 bits per heavy atom. The van der Waals surface area contributed by atoms with Crippen LogP contribution in [0, 0.1) is 0 Å². The molecule has 1 heterocycles. The van der Waals surface area contributed by atoms with Gasteiger partial charge in [-0.2, -0.15) is 0 Å². The minimum Gasteiger partial charge on any atom is -0.345 e. The molecule has 0 bridgehead atoms. The van der Waals surface area contributed by atoms with Gasteiger partial charge in [-0.1, -0.05) is 52.8 Å². The molecule has 1 N–H and O–H groups in total. The van der Waals surface area contributed by atoms with E-state index >= 15 is 0 Å². The number of benzene rings is 1. The van der Waals surface area contributed by atoms with Crippen LogP contribution in [-0.4, -0.2) is 9.97 Å². The van der Waals surface area contributed by atoms with Crippen molar-refractivity contribution in [3.63, 3.8) is 0 Å². The van der Waals surface area contributed by atoms with Crippen molar-refractivity contribution in [1.29, 1.82) is 0 Å². The van der Waals surface area contributed by atoms with Gasteiger partial charge in [0.05, 0.1) is 5.69 Å². The minimum absolute atomic E-state index is 0.0921. The van der Waals surface area contributed by atoms with Gasteiger partial charge in [-0.25, -0.2) is 4.98 Å². The highest BCUT2D eigenvalue weighted by Crippen LogP contribution is 2.28. The van der Waals surface area contributed by atoms with Crippen LogP contribution in [0.25, 0.3) is 0 Å². The second kappa shape index (κ2) is 5.01. The first kappa shape index (κ1) is 14.4. The number of hydrogen-bond acceptors (Lipinski definition) is 1. The Bertz CT molecular complexity index is 657. The Labute approximate surface area is 128 Å². The molecule has 0 saturated heterocycles. The van der Waals surface area contributed by atoms with Gasteiger partial charge in [0.15, 0.2) is 0 Å². The number of aromatic nitrogens is 2. The Balaban J connectivity index is 1.99. The summed E-state index contributed by atoms with van der Waals surface area (Å²) in [5.74, 6) is 1.71. The average Bonchev–Trinajstić information content (AvgIpc) is 2.73. The lowest BCUT2D eigenvalue weighted by Gasteiger charge is -2.15. The van der Waals surface area contributed by atoms with Crippen LogP contribution in [0.4, 0.5) is 0 Å². The fourth-order valence-electron chi connectivity index (χ4n) is 3.01. The zero-order chi connectivity index (χ0) is 15.2. The van der Waals surface area contributed by atoms with E-state index in [2.05, 4.69) is 57.8 Å². The van der Waals surface area contributed by atoms with Gasteiger partial charge in [0, 0.05) is 17.5 Å². The summed E-state index contributed by atoms with van der Waals surface area (Å²) in [7, 11) is 0. The normalized spacial score (nSPS) is 14.8. The van der Waals surface area contributed by atoms with Crippen LogP contribution in [0.1, 0.15) is 74.4 Å². The number of aromatic amines is 1. The molecule has 1 aromatic heterocycles. The highest BCUT2D eigenvalue weighted by molar-refractivity contribution is 5.40. The molecule has 0 saturated carbocycles. The third kappa shape index (κ3) is 2.76. The second-order valence-electron chi connectivity index (χ2n) is 7.62. The predicted molar refractivity (Wildman–Crippen MR) is 88.0 cm³/mol. The quantitative estimate of drug-likeness (QED) is 0.818. The molecule has 2 nitrogen and oxygen atoms in total. The maximum Gasteiger partial charge on any atom is 0.111 e. The van der Waals surface area contributed by atoms with E-state index in [9.17, 15) is 0 Å². The highest BCUT2D eigenvalue weighted by atomic mass is 15.0. The number of H-pyrrole nitrogens is 1. The van der Waals surface area contributed by atoms with Gasteiger partial charge in [0.1, 0.15) is 5.82 Å². The second-order valence-corrected chi connectivity index (χ2v) is 7.62. The molecule has 0 radical (unpaired) electrons. The van der Waals surface area contributed by atoms with E-state index in [0.717, 1.165) is 25.1 Å². The SMILES string of the molecule is CC(C)c1ccc2c(c1)Cc1[nH]c(C(C)(C)C)nc1CC2. The molecule has 2 heteroatoms. The summed E-state index contributed by atoms with van der Waals surface area (Å²) in [5.41, 5.74) is 7.08. The molecule has 2 aromatic rings. The summed E-state index contributed by atoms with van der Waals surface area (Å²) in [6.07, 6.45) is 3.15. The van der Waals surface area contributed by atoms with Crippen molar-refractivity contribution in [2.24, 2.45) is 0 Å². The molecule has 1 aliphatic rings. The molecular weight excluding hydrogens is 256 g/mol. The molecule has 0 aliphatic heterocycles. The van der Waals surface area contributed by atoms with Crippen LogP contribution in [0.5, 0.6) is 0 Å². The first-order chi connectivity index (χ1) is 9.84. The predicted octanol–water partition coefficient (Wildman–Crippen LogP) is 4.52. The van der Waals surface area contributed by atoms with E-state index < -0.39 is 0 Å². The molecule has 3 rings (SSSR count). The third-order valence-corrected chi connectivity index (χ3v) is 4.47. The van der Waals surface area contributed by atoms with Gasteiger partial charge in [-0.15, -0.1) is 0 Å². The first-order valence-corrected chi connectivity index (χ1v) is 8.04. The number of nitrogens with zero attached hydrogens (tertiary/aromatic N) is 1. The summed E-state index contributed by atoms with van der Waals surface area (Å²) >= 11 is 0. The number of hydrogen-bond donors (Lipinski definition) is 1. The zero-order valence-corrected chi connectivity index (χ0v) is 13.9. The molecule has 112 valence electrons. The smallest absolute Gasteiger partial charge is 0.111 e. The van der Waals surface area contributed by atoms with Gasteiger partial charge >= 0.3 is 0 Å². The van der Waals surface area contributed by atoms with Crippen LogP contribution >= 0.6 is 0 Å². The van der Waals surface area contributed by atoms with Crippen molar-refractivity contribution in [3.8, 4) is 0 Å². The van der Waals surface area contributed by atoms with E-state index in [0.29, 0.717) is 5.92 Å². The monoisotopic (exact) mass is 282 g/mol. The summed E-state index contributed by atoms with van der Waals surface area (Å²) in [5, 5.41) is 0. The van der Waals surface area contributed by atoms with E-state index in [4.69, 9.17) is 4.98 Å². The van der Waals surface area contributed by atoms with Crippen molar-refractivity contribution in [2.45, 2.75) is 65.2 Å². The van der Waals surface area contributed by atoms with Crippen molar-refractivity contribution in [3.05, 3.63) is 52.1 Å². The van der Waals surface area contributed by atoms with E-state index in [1.807, 2.05) is 0 Å². The number of nitrogens with one attached hydrogen (secondary N) is 1. The zero-order valence-electron chi connectivity index (χ0n) is 13.9. The van der Waals surface area contributed by atoms with E-state index in [1.165, 1.54) is 28.1 Å². The third-order valence-electron chi connectivity index (χ3n) is 4.47. The summed E-state index contributed by atoms with van der Waals surface area (Å²) in [6, 6.07) is 7.01. The molecule has 0 spiro atoms. The maximum absolute atomic E-state index is 4.87.